The van der Waals surface area contributed by atoms with Gasteiger partial charge in [-0.25, -0.2) is 13.4 Å². The van der Waals surface area contributed by atoms with Gasteiger partial charge in [0.05, 0.1) is 17.5 Å². The maximum absolute atomic E-state index is 12.7. The van der Waals surface area contributed by atoms with E-state index in [9.17, 15) is 13.2 Å². The first-order chi connectivity index (χ1) is 13.1. The van der Waals surface area contributed by atoms with Crippen molar-refractivity contribution in [1.82, 2.24) is 9.55 Å². The summed E-state index contributed by atoms with van der Waals surface area (Å²) in [6.45, 7) is 3.86. The molecule has 3 aromatic rings. The smallest absolute Gasteiger partial charge is 0.257 e. The second kappa shape index (κ2) is 7.76. The van der Waals surface area contributed by atoms with Crippen molar-refractivity contribution in [3.05, 3.63) is 70.1 Å². The van der Waals surface area contributed by atoms with Gasteiger partial charge in [-0.15, -0.1) is 0 Å². The summed E-state index contributed by atoms with van der Waals surface area (Å²) in [6.07, 6.45) is 4.50. The van der Waals surface area contributed by atoms with Crippen molar-refractivity contribution in [2.75, 3.05) is 16.3 Å². The summed E-state index contributed by atoms with van der Waals surface area (Å²) in [7, 11) is -3.42. The van der Waals surface area contributed by atoms with Crippen LogP contribution in [-0.4, -0.2) is 30.1 Å². The number of rotatable bonds is 5. The first kappa shape index (κ1) is 20.1. The van der Waals surface area contributed by atoms with Gasteiger partial charge in [-0.05, 0) is 49.7 Å². The Morgan fingerprint density at radius 3 is 2.54 bits per heavy atom. The number of aromatic nitrogens is 2. The summed E-state index contributed by atoms with van der Waals surface area (Å²) < 4.78 is 27.8. The molecule has 1 aromatic carbocycles. The Kier molecular flexibility index (Phi) is 5.57. The van der Waals surface area contributed by atoms with E-state index in [1.165, 1.54) is 0 Å². The zero-order valence-electron chi connectivity index (χ0n) is 15.5. The number of anilines is 2. The maximum atomic E-state index is 12.7. The van der Waals surface area contributed by atoms with E-state index in [0.717, 1.165) is 23.3 Å². The Morgan fingerprint density at radius 2 is 1.86 bits per heavy atom. The van der Waals surface area contributed by atoms with E-state index in [1.54, 1.807) is 36.7 Å². The topological polar surface area (TPSA) is 93.1 Å². The lowest BCUT2D eigenvalue weighted by molar-refractivity contribution is 0.102. The quantitative estimate of drug-likeness (QED) is 0.601. The van der Waals surface area contributed by atoms with Gasteiger partial charge in [-0.2, -0.15) is 0 Å². The van der Waals surface area contributed by atoms with Crippen LogP contribution in [0.5, 0.6) is 0 Å². The molecule has 0 aliphatic heterocycles. The average molecular weight is 463 g/mol. The van der Waals surface area contributed by atoms with E-state index in [1.807, 2.05) is 30.5 Å². The molecule has 3 rings (SSSR count). The Bertz CT molecular complexity index is 1160. The predicted octanol–water partition coefficient (Wildman–Crippen LogP) is 3.88. The molecule has 0 bridgehead atoms. The molecule has 9 heteroatoms. The average Bonchev–Trinajstić information content (AvgIpc) is 2.95. The van der Waals surface area contributed by atoms with Crippen LogP contribution < -0.4 is 10.0 Å². The van der Waals surface area contributed by atoms with Crippen molar-refractivity contribution >= 4 is 43.2 Å². The lowest BCUT2D eigenvalue weighted by Gasteiger charge is -2.09. The minimum absolute atomic E-state index is 0.307. The predicted molar refractivity (Wildman–Crippen MR) is 114 cm³/mol. The third kappa shape index (κ3) is 4.79. The number of hydrogen-bond donors (Lipinski definition) is 2. The van der Waals surface area contributed by atoms with Crippen LogP contribution in [0.15, 0.2) is 53.3 Å². The highest BCUT2D eigenvalue weighted by atomic mass is 79.9. The summed E-state index contributed by atoms with van der Waals surface area (Å²) in [5.41, 5.74) is 3.16. The zero-order valence-corrected chi connectivity index (χ0v) is 17.9. The van der Waals surface area contributed by atoms with E-state index >= 15 is 0 Å². The number of carbonyl (C=O) groups is 1. The zero-order chi connectivity index (χ0) is 20.5. The van der Waals surface area contributed by atoms with Crippen LogP contribution in [-0.2, 0) is 10.0 Å². The van der Waals surface area contributed by atoms with Gasteiger partial charge in [0.25, 0.3) is 5.91 Å². The van der Waals surface area contributed by atoms with Gasteiger partial charge in [-0.3, -0.25) is 9.52 Å². The fourth-order valence-electron chi connectivity index (χ4n) is 2.79. The molecule has 7 nitrogen and oxygen atoms in total. The van der Waals surface area contributed by atoms with Crippen molar-refractivity contribution in [1.29, 1.82) is 0 Å². The minimum atomic E-state index is -3.42. The van der Waals surface area contributed by atoms with Crippen molar-refractivity contribution in [2.24, 2.45) is 0 Å². The van der Waals surface area contributed by atoms with Crippen LogP contribution >= 0.6 is 15.9 Å². The van der Waals surface area contributed by atoms with Crippen molar-refractivity contribution < 1.29 is 13.2 Å². The molecule has 146 valence electrons. The van der Waals surface area contributed by atoms with Gasteiger partial charge in [0, 0.05) is 28.2 Å². The van der Waals surface area contributed by atoms with Crippen molar-refractivity contribution in [3.63, 3.8) is 0 Å². The summed E-state index contributed by atoms with van der Waals surface area (Å²) in [6, 6.07) is 10.5. The molecule has 0 fully saturated rings. The Labute approximate surface area is 172 Å². The van der Waals surface area contributed by atoms with E-state index in [4.69, 9.17) is 0 Å². The fraction of sp³-hybridized carbons (Fsp3) is 0.158. The number of nitrogens with zero attached hydrogens (tertiary/aromatic N) is 2. The highest BCUT2D eigenvalue weighted by Gasteiger charge is 2.14. The van der Waals surface area contributed by atoms with E-state index in [0.29, 0.717) is 21.4 Å². The van der Waals surface area contributed by atoms with Gasteiger partial charge in [0.1, 0.15) is 5.82 Å². The molecule has 2 N–H and O–H groups in total. The number of benzene rings is 1. The van der Waals surface area contributed by atoms with Gasteiger partial charge in [0.2, 0.25) is 10.0 Å². The number of carbonyl (C=O) groups excluding carboxylic acids is 1. The molecule has 28 heavy (non-hydrogen) atoms. The van der Waals surface area contributed by atoms with Crippen LogP contribution in [0.2, 0.25) is 0 Å². The number of aryl methyl sites for hydroxylation is 2. The van der Waals surface area contributed by atoms with Crippen LogP contribution in [0, 0.1) is 13.8 Å². The number of nitrogens with one attached hydrogen (secondary N) is 2. The van der Waals surface area contributed by atoms with E-state index in [2.05, 4.69) is 31.0 Å². The van der Waals surface area contributed by atoms with Gasteiger partial charge >= 0.3 is 0 Å². The molecule has 2 heterocycles. The van der Waals surface area contributed by atoms with E-state index < -0.39 is 10.0 Å². The van der Waals surface area contributed by atoms with Gasteiger partial charge in [0.15, 0.2) is 0 Å². The molecule has 0 saturated carbocycles. The van der Waals surface area contributed by atoms with Crippen LogP contribution in [0.1, 0.15) is 21.6 Å². The Balaban J connectivity index is 1.86. The summed E-state index contributed by atoms with van der Waals surface area (Å²) in [4.78, 5) is 17.1. The minimum Gasteiger partial charge on any atom is -0.322 e. The Hall–Kier alpha value is -2.65. The molecule has 0 aliphatic carbocycles. The largest absolute Gasteiger partial charge is 0.322 e. The number of amides is 1. The van der Waals surface area contributed by atoms with Crippen LogP contribution in [0.4, 0.5) is 11.4 Å². The van der Waals surface area contributed by atoms with Gasteiger partial charge in [-0.1, -0.05) is 22.0 Å². The summed E-state index contributed by atoms with van der Waals surface area (Å²) in [5.74, 6) is 0.458. The number of hydrogen-bond acceptors (Lipinski definition) is 4. The van der Waals surface area contributed by atoms with Gasteiger partial charge < -0.3 is 9.88 Å². The molecule has 0 spiro atoms. The summed E-state index contributed by atoms with van der Waals surface area (Å²) in [5, 5.41) is 2.79. The molecule has 0 atom stereocenters. The molecule has 0 unspecified atom stereocenters. The Morgan fingerprint density at radius 1 is 1.14 bits per heavy atom. The standard InChI is InChI=1S/C19H19BrN4O3S/c1-12-5-4-6-21-18(12)24-11-14(7-13(24)2)19(25)22-16-8-15(20)9-17(10-16)23-28(3,26)27/h4-11,23H,1-3H3,(H,22,25). The third-order valence-corrected chi connectivity index (χ3v) is 5.01. The van der Waals surface area contributed by atoms with Crippen molar-refractivity contribution in [2.45, 2.75) is 13.8 Å². The monoisotopic (exact) mass is 462 g/mol. The second-order valence-electron chi connectivity index (χ2n) is 6.44. The molecule has 0 aliphatic rings. The van der Waals surface area contributed by atoms with Crippen LogP contribution in [0.3, 0.4) is 0 Å². The fourth-order valence-corrected chi connectivity index (χ4v) is 3.83. The highest BCUT2D eigenvalue weighted by Crippen LogP contribution is 2.25. The number of sulfonamides is 1. The highest BCUT2D eigenvalue weighted by molar-refractivity contribution is 9.10. The molecular weight excluding hydrogens is 444 g/mol. The first-order valence-electron chi connectivity index (χ1n) is 8.33. The molecular formula is C19H19BrN4O3S. The first-order valence-corrected chi connectivity index (χ1v) is 11.0. The van der Waals surface area contributed by atoms with E-state index in [-0.39, 0.29) is 5.91 Å². The molecule has 0 saturated heterocycles. The second-order valence-corrected chi connectivity index (χ2v) is 9.11. The van der Waals surface area contributed by atoms with Crippen molar-refractivity contribution in [3.8, 4) is 5.82 Å². The lowest BCUT2D eigenvalue weighted by atomic mass is 10.2. The lowest BCUT2D eigenvalue weighted by Crippen LogP contribution is -2.13. The normalized spacial score (nSPS) is 11.3. The number of halogens is 1. The molecule has 2 aromatic heterocycles. The SMILES string of the molecule is Cc1cccnc1-n1cc(C(=O)Nc2cc(Br)cc(NS(C)(=O)=O)c2)cc1C. The third-order valence-electron chi connectivity index (χ3n) is 3.94. The summed E-state index contributed by atoms with van der Waals surface area (Å²) >= 11 is 3.32. The molecule has 0 radical (unpaired) electrons. The number of pyridine rings is 1. The maximum Gasteiger partial charge on any atom is 0.257 e. The van der Waals surface area contributed by atoms with Crippen LogP contribution in [0.25, 0.3) is 5.82 Å². The molecule has 1 amide bonds.